The van der Waals surface area contributed by atoms with Gasteiger partial charge in [-0.05, 0) is 36.4 Å². The van der Waals surface area contributed by atoms with Crippen LogP contribution in [0.25, 0.3) is 0 Å². The summed E-state index contributed by atoms with van der Waals surface area (Å²) < 4.78 is 10.3. The zero-order valence-electron chi connectivity index (χ0n) is 11.3. The number of amides is 2. The molecule has 0 unspecified atom stereocenters. The molecule has 0 bridgehead atoms. The maximum atomic E-state index is 12.0. The molecule has 112 valence electrons. The van der Waals surface area contributed by atoms with E-state index in [9.17, 15) is 14.7 Å². The van der Waals surface area contributed by atoms with Gasteiger partial charge in [0.25, 0.3) is 11.8 Å². The number of ether oxygens (including phenoxy) is 2. The van der Waals surface area contributed by atoms with Gasteiger partial charge in [0.05, 0.1) is 0 Å². The van der Waals surface area contributed by atoms with Crippen LogP contribution < -0.4 is 20.3 Å². The number of carbonyl (C=O) groups excluding carboxylic acids is 2. The fourth-order valence-electron chi connectivity index (χ4n) is 1.94. The Hall–Kier alpha value is -3.22. The monoisotopic (exact) mass is 300 g/mol. The Kier molecular flexibility index (Phi) is 3.53. The van der Waals surface area contributed by atoms with Gasteiger partial charge in [-0.3, -0.25) is 20.4 Å². The standard InChI is InChI=1S/C15H12N2O5/c18-11-3-1-2-9(6-11)14(19)16-17-15(20)10-4-5-12-13(7-10)22-8-21-12/h1-7,18H,8H2,(H,16,19)(H,17,20). The third-order valence-corrected chi connectivity index (χ3v) is 3.03. The van der Waals surface area contributed by atoms with Gasteiger partial charge >= 0.3 is 0 Å². The molecule has 0 atom stereocenters. The average molecular weight is 300 g/mol. The van der Waals surface area contributed by atoms with Crippen LogP contribution in [0.3, 0.4) is 0 Å². The molecule has 0 saturated carbocycles. The highest BCUT2D eigenvalue weighted by atomic mass is 16.7. The molecule has 0 saturated heterocycles. The lowest BCUT2D eigenvalue weighted by atomic mass is 10.2. The molecule has 0 aromatic heterocycles. The van der Waals surface area contributed by atoms with E-state index >= 15 is 0 Å². The molecule has 1 aliphatic rings. The van der Waals surface area contributed by atoms with Gasteiger partial charge in [-0.2, -0.15) is 0 Å². The van der Waals surface area contributed by atoms with E-state index in [1.807, 2.05) is 0 Å². The summed E-state index contributed by atoms with van der Waals surface area (Å²) in [5.74, 6) is -0.0150. The number of hydrogen-bond acceptors (Lipinski definition) is 5. The molecular formula is C15H12N2O5. The minimum absolute atomic E-state index is 0.0326. The molecule has 7 heteroatoms. The van der Waals surface area contributed by atoms with Gasteiger partial charge < -0.3 is 14.6 Å². The van der Waals surface area contributed by atoms with Crippen molar-refractivity contribution < 1.29 is 24.2 Å². The van der Waals surface area contributed by atoms with E-state index in [-0.39, 0.29) is 18.1 Å². The largest absolute Gasteiger partial charge is 0.508 e. The molecule has 1 aliphatic heterocycles. The maximum absolute atomic E-state index is 12.0. The second-order valence-electron chi connectivity index (χ2n) is 4.53. The summed E-state index contributed by atoms with van der Waals surface area (Å²) in [5.41, 5.74) is 5.11. The second kappa shape index (κ2) is 5.65. The Balaban J connectivity index is 1.64. The lowest BCUT2D eigenvalue weighted by Gasteiger charge is -2.08. The number of hydrogen-bond donors (Lipinski definition) is 3. The lowest BCUT2D eigenvalue weighted by molar-refractivity contribution is 0.0846. The van der Waals surface area contributed by atoms with E-state index in [1.165, 1.54) is 30.3 Å². The first kappa shape index (κ1) is 13.7. The summed E-state index contributed by atoms with van der Waals surface area (Å²) >= 11 is 0. The van der Waals surface area contributed by atoms with Crippen molar-refractivity contribution in [1.82, 2.24) is 10.9 Å². The second-order valence-corrected chi connectivity index (χ2v) is 4.53. The smallest absolute Gasteiger partial charge is 0.269 e. The molecule has 0 radical (unpaired) electrons. The summed E-state index contributed by atoms with van der Waals surface area (Å²) in [7, 11) is 0. The quantitative estimate of drug-likeness (QED) is 0.724. The van der Waals surface area contributed by atoms with Crippen LogP contribution in [0.1, 0.15) is 20.7 Å². The number of rotatable bonds is 2. The number of carbonyl (C=O) groups is 2. The van der Waals surface area contributed by atoms with E-state index in [1.54, 1.807) is 12.1 Å². The van der Waals surface area contributed by atoms with Crippen LogP contribution in [-0.4, -0.2) is 23.7 Å². The molecule has 22 heavy (non-hydrogen) atoms. The van der Waals surface area contributed by atoms with E-state index < -0.39 is 11.8 Å². The molecule has 2 aromatic rings. The van der Waals surface area contributed by atoms with Crippen LogP contribution in [0.5, 0.6) is 17.2 Å². The Morgan fingerprint density at radius 2 is 1.59 bits per heavy atom. The highest BCUT2D eigenvalue weighted by Crippen LogP contribution is 2.32. The van der Waals surface area contributed by atoms with Gasteiger partial charge in [-0.1, -0.05) is 6.07 Å². The van der Waals surface area contributed by atoms with E-state index in [0.717, 1.165) is 0 Å². The van der Waals surface area contributed by atoms with Gasteiger partial charge in [-0.25, -0.2) is 0 Å². The van der Waals surface area contributed by atoms with Gasteiger partial charge in [0.2, 0.25) is 6.79 Å². The summed E-state index contributed by atoms with van der Waals surface area (Å²) in [6.07, 6.45) is 0. The van der Waals surface area contributed by atoms with Crippen LogP contribution in [0.2, 0.25) is 0 Å². The molecule has 7 nitrogen and oxygen atoms in total. The summed E-state index contributed by atoms with van der Waals surface area (Å²) in [6.45, 7) is 0.120. The lowest BCUT2D eigenvalue weighted by Crippen LogP contribution is -2.41. The van der Waals surface area contributed by atoms with Crippen LogP contribution in [0.4, 0.5) is 0 Å². The number of hydrazine groups is 1. The third kappa shape index (κ3) is 2.78. The van der Waals surface area contributed by atoms with Crippen molar-refractivity contribution in [3.63, 3.8) is 0 Å². The molecule has 2 amide bonds. The first-order valence-electron chi connectivity index (χ1n) is 6.43. The molecule has 0 aliphatic carbocycles. The Bertz CT molecular complexity index is 744. The number of phenolic OH excluding ortho intramolecular Hbond substituents is 1. The van der Waals surface area contributed by atoms with Crippen LogP contribution in [0.15, 0.2) is 42.5 Å². The van der Waals surface area contributed by atoms with E-state index in [2.05, 4.69) is 10.9 Å². The first-order chi connectivity index (χ1) is 10.6. The van der Waals surface area contributed by atoms with Crippen molar-refractivity contribution >= 4 is 11.8 Å². The predicted molar refractivity (Wildman–Crippen MR) is 75.6 cm³/mol. The first-order valence-corrected chi connectivity index (χ1v) is 6.43. The predicted octanol–water partition coefficient (Wildman–Crippen LogP) is 1.20. The third-order valence-electron chi connectivity index (χ3n) is 3.03. The zero-order chi connectivity index (χ0) is 15.5. The van der Waals surface area contributed by atoms with Gasteiger partial charge in [0.15, 0.2) is 11.5 Å². The number of phenols is 1. The Morgan fingerprint density at radius 3 is 2.32 bits per heavy atom. The van der Waals surface area contributed by atoms with Gasteiger partial charge in [-0.15, -0.1) is 0 Å². The zero-order valence-corrected chi connectivity index (χ0v) is 11.3. The average Bonchev–Trinajstić information content (AvgIpc) is 2.99. The summed E-state index contributed by atoms with van der Waals surface area (Å²) in [5, 5.41) is 9.31. The minimum atomic E-state index is -0.537. The fraction of sp³-hybridized carbons (Fsp3) is 0.0667. The van der Waals surface area contributed by atoms with Crippen molar-refractivity contribution in [3.05, 3.63) is 53.6 Å². The maximum Gasteiger partial charge on any atom is 0.269 e. The van der Waals surface area contributed by atoms with Crippen molar-refractivity contribution in [1.29, 1.82) is 0 Å². The van der Waals surface area contributed by atoms with E-state index in [4.69, 9.17) is 9.47 Å². The highest BCUT2D eigenvalue weighted by molar-refractivity contribution is 5.99. The Labute approximate surface area is 125 Å². The molecule has 3 rings (SSSR count). The number of aromatic hydroxyl groups is 1. The molecule has 0 fully saturated rings. The summed E-state index contributed by atoms with van der Waals surface area (Å²) in [6, 6.07) is 10.5. The van der Waals surface area contributed by atoms with Crippen molar-refractivity contribution in [2.45, 2.75) is 0 Å². The minimum Gasteiger partial charge on any atom is -0.508 e. The van der Waals surface area contributed by atoms with Crippen LogP contribution >= 0.6 is 0 Å². The number of benzene rings is 2. The fourth-order valence-corrected chi connectivity index (χ4v) is 1.94. The molecule has 0 spiro atoms. The summed E-state index contributed by atoms with van der Waals surface area (Å²) in [4.78, 5) is 23.8. The topological polar surface area (TPSA) is 96.9 Å². The van der Waals surface area contributed by atoms with Crippen molar-refractivity contribution in [2.75, 3.05) is 6.79 Å². The van der Waals surface area contributed by atoms with Gasteiger partial charge in [0, 0.05) is 11.1 Å². The van der Waals surface area contributed by atoms with Gasteiger partial charge in [0.1, 0.15) is 5.75 Å². The van der Waals surface area contributed by atoms with Crippen molar-refractivity contribution in [2.24, 2.45) is 0 Å². The molecule has 1 heterocycles. The van der Waals surface area contributed by atoms with Crippen LogP contribution in [-0.2, 0) is 0 Å². The molecule has 2 aromatic carbocycles. The molecule has 3 N–H and O–H groups in total. The van der Waals surface area contributed by atoms with Crippen molar-refractivity contribution in [3.8, 4) is 17.2 Å². The number of nitrogens with one attached hydrogen (secondary N) is 2. The molecular weight excluding hydrogens is 288 g/mol. The number of fused-ring (bicyclic) bond motifs is 1. The normalized spacial score (nSPS) is 11.8. The SMILES string of the molecule is O=C(NNC(=O)c1ccc2c(c1)OCO2)c1cccc(O)c1. The van der Waals surface area contributed by atoms with E-state index in [0.29, 0.717) is 17.1 Å². The Morgan fingerprint density at radius 1 is 0.909 bits per heavy atom. The van der Waals surface area contributed by atoms with Crippen LogP contribution in [0, 0.1) is 0 Å². The highest BCUT2D eigenvalue weighted by Gasteiger charge is 2.16.